The van der Waals surface area contributed by atoms with Crippen molar-refractivity contribution < 1.29 is 8.42 Å². The molecule has 1 aliphatic rings. The van der Waals surface area contributed by atoms with Gasteiger partial charge in [-0.3, -0.25) is 0 Å². The number of sulfonamides is 1. The molecule has 1 aromatic rings. The van der Waals surface area contributed by atoms with Crippen molar-refractivity contribution in [1.82, 2.24) is 9.71 Å². The molecule has 1 fully saturated rings. The van der Waals surface area contributed by atoms with Crippen LogP contribution in [0.4, 0.5) is 5.82 Å². The van der Waals surface area contributed by atoms with E-state index < -0.39 is 10.0 Å². The van der Waals surface area contributed by atoms with E-state index in [-0.39, 0.29) is 21.8 Å². The predicted octanol–water partition coefficient (Wildman–Crippen LogP) is 0.851. The maximum absolute atomic E-state index is 11.9. The summed E-state index contributed by atoms with van der Waals surface area (Å²) in [6.45, 7) is 0. The summed E-state index contributed by atoms with van der Waals surface area (Å²) in [4.78, 5) is 3.88. The predicted molar refractivity (Wildman–Crippen MR) is 65.0 cm³/mol. The Morgan fingerprint density at radius 1 is 1.47 bits per heavy atom. The lowest BCUT2D eigenvalue weighted by molar-refractivity contribution is 0.383. The standard InChI is InChI=1S/C9H13ClN4O2S/c10-8-4-7(5-12-9(8)13-11)17(15,16)14-6-2-1-3-6/h4-6,14H,1-3,11H2,(H,12,13). The summed E-state index contributed by atoms with van der Waals surface area (Å²) in [5, 5.41) is 0.170. The number of nitrogens with zero attached hydrogens (tertiary/aromatic N) is 1. The van der Waals surface area contributed by atoms with E-state index in [0.29, 0.717) is 0 Å². The lowest BCUT2D eigenvalue weighted by Crippen LogP contribution is -2.39. The minimum atomic E-state index is -3.53. The van der Waals surface area contributed by atoms with Crippen molar-refractivity contribution in [2.24, 2.45) is 5.84 Å². The highest BCUT2D eigenvalue weighted by molar-refractivity contribution is 7.89. The van der Waals surface area contributed by atoms with Crippen molar-refractivity contribution in [2.45, 2.75) is 30.2 Å². The summed E-state index contributed by atoms with van der Waals surface area (Å²) in [5.41, 5.74) is 2.28. The molecule has 0 saturated heterocycles. The van der Waals surface area contributed by atoms with E-state index in [1.54, 1.807) is 0 Å². The van der Waals surface area contributed by atoms with E-state index in [1.807, 2.05) is 0 Å². The van der Waals surface area contributed by atoms with Crippen LogP contribution in [-0.2, 0) is 10.0 Å². The maximum Gasteiger partial charge on any atom is 0.242 e. The van der Waals surface area contributed by atoms with Gasteiger partial charge in [0.2, 0.25) is 10.0 Å². The van der Waals surface area contributed by atoms with Gasteiger partial charge in [0.15, 0.2) is 5.82 Å². The van der Waals surface area contributed by atoms with Gasteiger partial charge in [0.25, 0.3) is 0 Å². The number of halogens is 1. The average molecular weight is 277 g/mol. The molecule has 1 aromatic heterocycles. The minimum Gasteiger partial charge on any atom is -0.307 e. The Hall–Kier alpha value is -0.890. The Morgan fingerprint density at radius 3 is 2.65 bits per heavy atom. The van der Waals surface area contributed by atoms with Crippen LogP contribution in [0.5, 0.6) is 0 Å². The van der Waals surface area contributed by atoms with Gasteiger partial charge in [-0.1, -0.05) is 18.0 Å². The van der Waals surface area contributed by atoms with Crippen molar-refractivity contribution in [3.8, 4) is 0 Å². The van der Waals surface area contributed by atoms with E-state index in [4.69, 9.17) is 17.4 Å². The number of rotatable bonds is 4. The zero-order valence-electron chi connectivity index (χ0n) is 8.98. The van der Waals surface area contributed by atoms with E-state index in [2.05, 4.69) is 15.1 Å². The van der Waals surface area contributed by atoms with E-state index in [1.165, 1.54) is 12.3 Å². The number of aromatic nitrogens is 1. The number of nitrogens with two attached hydrogens (primary N) is 1. The fourth-order valence-electron chi connectivity index (χ4n) is 1.49. The molecular formula is C9H13ClN4O2S. The lowest BCUT2D eigenvalue weighted by Gasteiger charge is -2.26. The fourth-order valence-corrected chi connectivity index (χ4v) is 3.05. The first-order valence-electron chi connectivity index (χ1n) is 5.17. The van der Waals surface area contributed by atoms with Crippen molar-refractivity contribution in [3.63, 3.8) is 0 Å². The Kier molecular flexibility index (Phi) is 3.53. The molecule has 0 spiro atoms. The molecule has 6 nitrogen and oxygen atoms in total. The minimum absolute atomic E-state index is 0.0334. The van der Waals surface area contributed by atoms with Gasteiger partial charge in [-0.05, 0) is 18.9 Å². The molecule has 0 aliphatic heterocycles. The molecule has 2 rings (SSSR count). The van der Waals surface area contributed by atoms with E-state index in [9.17, 15) is 8.42 Å². The molecule has 0 atom stereocenters. The molecule has 0 bridgehead atoms. The van der Waals surface area contributed by atoms with Crippen LogP contribution in [0.15, 0.2) is 17.2 Å². The summed E-state index contributed by atoms with van der Waals surface area (Å²) in [7, 11) is -3.53. The summed E-state index contributed by atoms with van der Waals surface area (Å²) >= 11 is 5.82. The van der Waals surface area contributed by atoms with Gasteiger partial charge in [0.05, 0.1) is 5.02 Å². The first kappa shape index (κ1) is 12.6. The molecule has 0 aromatic carbocycles. The summed E-state index contributed by atoms with van der Waals surface area (Å²) in [5.74, 6) is 5.40. The van der Waals surface area contributed by atoms with Gasteiger partial charge in [-0.15, -0.1) is 0 Å². The van der Waals surface area contributed by atoms with Crippen molar-refractivity contribution >= 4 is 27.4 Å². The summed E-state index contributed by atoms with van der Waals surface area (Å²) in [6.07, 6.45) is 4.04. The molecule has 1 saturated carbocycles. The van der Waals surface area contributed by atoms with Crippen LogP contribution in [0.25, 0.3) is 0 Å². The maximum atomic E-state index is 11.9. The smallest absolute Gasteiger partial charge is 0.242 e. The summed E-state index contributed by atoms with van der Waals surface area (Å²) in [6, 6.07) is 1.36. The molecule has 17 heavy (non-hydrogen) atoms. The van der Waals surface area contributed by atoms with E-state index in [0.717, 1.165) is 19.3 Å². The van der Waals surface area contributed by atoms with Gasteiger partial charge in [-0.2, -0.15) is 0 Å². The van der Waals surface area contributed by atoms with Gasteiger partial charge >= 0.3 is 0 Å². The molecule has 1 heterocycles. The fraction of sp³-hybridized carbons (Fsp3) is 0.444. The molecule has 0 amide bonds. The number of anilines is 1. The van der Waals surface area contributed by atoms with Gasteiger partial charge < -0.3 is 5.43 Å². The Bertz CT molecular complexity index is 516. The van der Waals surface area contributed by atoms with Crippen LogP contribution in [0.3, 0.4) is 0 Å². The molecule has 94 valence electrons. The first-order valence-corrected chi connectivity index (χ1v) is 7.03. The van der Waals surface area contributed by atoms with E-state index >= 15 is 0 Å². The summed E-state index contributed by atoms with van der Waals surface area (Å²) < 4.78 is 26.4. The van der Waals surface area contributed by atoms with Gasteiger partial charge in [0, 0.05) is 12.2 Å². The number of hydrazine groups is 1. The third-order valence-electron chi connectivity index (χ3n) is 2.69. The van der Waals surface area contributed by atoms with Gasteiger partial charge in [-0.25, -0.2) is 24.0 Å². The van der Waals surface area contributed by atoms with Crippen LogP contribution >= 0.6 is 11.6 Å². The average Bonchev–Trinajstić information content (AvgIpc) is 2.23. The quantitative estimate of drug-likeness (QED) is 0.560. The topological polar surface area (TPSA) is 97.1 Å². The second kappa shape index (κ2) is 4.77. The first-order chi connectivity index (χ1) is 8.03. The Morgan fingerprint density at radius 2 is 2.18 bits per heavy atom. The van der Waals surface area contributed by atoms with Crippen LogP contribution in [-0.4, -0.2) is 19.4 Å². The Labute approximate surface area is 105 Å². The monoisotopic (exact) mass is 276 g/mol. The third kappa shape index (κ3) is 2.68. The third-order valence-corrected chi connectivity index (χ3v) is 4.47. The zero-order valence-corrected chi connectivity index (χ0v) is 10.6. The SMILES string of the molecule is NNc1ncc(S(=O)(=O)NC2CCC2)cc1Cl. The van der Waals surface area contributed by atoms with Crippen molar-refractivity contribution in [1.29, 1.82) is 0 Å². The second-order valence-electron chi connectivity index (χ2n) is 3.89. The molecule has 4 N–H and O–H groups in total. The molecule has 8 heteroatoms. The molecule has 0 radical (unpaired) electrons. The lowest BCUT2D eigenvalue weighted by atomic mass is 9.94. The molecular weight excluding hydrogens is 264 g/mol. The normalized spacial score (nSPS) is 16.6. The van der Waals surface area contributed by atoms with Crippen LogP contribution < -0.4 is 16.0 Å². The molecule has 0 unspecified atom stereocenters. The number of hydrogen-bond donors (Lipinski definition) is 3. The molecule has 1 aliphatic carbocycles. The number of pyridine rings is 1. The highest BCUT2D eigenvalue weighted by Crippen LogP contribution is 2.24. The van der Waals surface area contributed by atoms with Crippen LogP contribution in [0.2, 0.25) is 5.02 Å². The second-order valence-corrected chi connectivity index (χ2v) is 6.02. The number of hydrogen-bond acceptors (Lipinski definition) is 5. The number of nitrogens with one attached hydrogen (secondary N) is 2. The van der Waals surface area contributed by atoms with Crippen molar-refractivity contribution in [2.75, 3.05) is 5.43 Å². The zero-order chi connectivity index (χ0) is 12.5. The van der Waals surface area contributed by atoms with Crippen molar-refractivity contribution in [3.05, 3.63) is 17.3 Å². The largest absolute Gasteiger partial charge is 0.307 e. The number of nitrogen functional groups attached to an aromatic ring is 1. The highest BCUT2D eigenvalue weighted by atomic mass is 35.5. The van der Waals surface area contributed by atoms with Crippen LogP contribution in [0, 0.1) is 0 Å². The van der Waals surface area contributed by atoms with Gasteiger partial charge in [0.1, 0.15) is 4.90 Å². The Balaban J connectivity index is 2.23. The van der Waals surface area contributed by atoms with Crippen LogP contribution in [0.1, 0.15) is 19.3 Å². The highest BCUT2D eigenvalue weighted by Gasteiger charge is 2.25.